The molecule has 2 aromatic rings. The van der Waals surface area contributed by atoms with Gasteiger partial charge in [0.1, 0.15) is 17.2 Å². The van der Waals surface area contributed by atoms with Crippen LogP contribution in [0.2, 0.25) is 0 Å². The largest absolute Gasteiger partial charge is 0.497 e. The van der Waals surface area contributed by atoms with Crippen molar-refractivity contribution in [3.05, 3.63) is 48.5 Å². The highest BCUT2D eigenvalue weighted by atomic mass is 16.5. The number of carboxylic acids is 2. The van der Waals surface area contributed by atoms with E-state index in [9.17, 15) is 14.4 Å². The lowest BCUT2D eigenvalue weighted by Crippen LogP contribution is -2.52. The van der Waals surface area contributed by atoms with E-state index in [1.807, 2.05) is 53.4 Å². The number of carboxylic acid groups (broad SMARTS) is 2. The van der Waals surface area contributed by atoms with E-state index >= 15 is 0 Å². The van der Waals surface area contributed by atoms with E-state index in [-0.39, 0.29) is 18.7 Å². The minimum atomic E-state index is -2.27. The van der Waals surface area contributed by atoms with E-state index in [4.69, 9.17) is 34.6 Å². The van der Waals surface area contributed by atoms with Crippen molar-refractivity contribution in [1.82, 2.24) is 4.90 Å². The van der Waals surface area contributed by atoms with Gasteiger partial charge in [-0.15, -0.1) is 0 Å². The summed E-state index contributed by atoms with van der Waals surface area (Å²) in [6, 6.07) is 15.1. The maximum Gasteiger partial charge on any atom is 0.335 e. The summed E-state index contributed by atoms with van der Waals surface area (Å²) in [6.07, 6.45) is 1.13. The van der Waals surface area contributed by atoms with Gasteiger partial charge in [-0.3, -0.25) is 14.6 Å². The number of piperidine rings is 1. The smallest absolute Gasteiger partial charge is 0.335 e. The van der Waals surface area contributed by atoms with Gasteiger partial charge in [0.05, 0.1) is 19.9 Å². The van der Waals surface area contributed by atoms with Crippen LogP contribution in [0, 0.1) is 0 Å². The predicted octanol–water partition coefficient (Wildman–Crippen LogP) is 3.00. The summed E-state index contributed by atoms with van der Waals surface area (Å²) < 4.78 is 16.8. The number of aliphatic hydroxyl groups excluding tert-OH is 2. The van der Waals surface area contributed by atoms with Crippen molar-refractivity contribution >= 4 is 23.5 Å². The molecule has 1 aliphatic heterocycles. The Kier molecular flexibility index (Phi) is 14.6. The van der Waals surface area contributed by atoms with Gasteiger partial charge in [-0.05, 0) is 74.7 Å². The molecular formula is C30H42N2O10. The van der Waals surface area contributed by atoms with Gasteiger partial charge in [-0.1, -0.05) is 19.8 Å². The Balaban J connectivity index is 0.000000528. The third-order valence-corrected chi connectivity index (χ3v) is 6.67. The van der Waals surface area contributed by atoms with Gasteiger partial charge < -0.3 is 34.6 Å². The van der Waals surface area contributed by atoms with Crippen LogP contribution in [0.3, 0.4) is 0 Å². The molecule has 0 aromatic heterocycles. The van der Waals surface area contributed by atoms with Gasteiger partial charge in [-0.2, -0.15) is 0 Å². The number of aliphatic hydroxyl groups is 2. The van der Waals surface area contributed by atoms with Crippen molar-refractivity contribution in [2.75, 3.05) is 38.3 Å². The second-order valence-electron chi connectivity index (χ2n) is 9.72. The Labute approximate surface area is 246 Å². The molecule has 1 heterocycles. The van der Waals surface area contributed by atoms with Gasteiger partial charge in [0.2, 0.25) is 0 Å². The van der Waals surface area contributed by atoms with Gasteiger partial charge in [0.25, 0.3) is 5.91 Å². The maximum atomic E-state index is 13.3. The first-order chi connectivity index (χ1) is 20.1. The van der Waals surface area contributed by atoms with Crippen LogP contribution in [0.4, 0.5) is 5.69 Å². The molecule has 12 nitrogen and oxygen atoms in total. The first kappa shape index (κ1) is 34.3. The fourth-order valence-electron chi connectivity index (χ4n) is 4.22. The molecule has 0 bridgehead atoms. The van der Waals surface area contributed by atoms with Crippen molar-refractivity contribution in [1.29, 1.82) is 0 Å². The second-order valence-corrected chi connectivity index (χ2v) is 9.72. The summed E-state index contributed by atoms with van der Waals surface area (Å²) in [4.78, 5) is 37.1. The molecule has 1 saturated heterocycles. The number of unbranched alkanes of at least 4 members (excludes halogenated alkanes) is 1. The highest BCUT2D eigenvalue weighted by Gasteiger charge is 2.30. The minimum Gasteiger partial charge on any atom is -0.497 e. The van der Waals surface area contributed by atoms with Crippen LogP contribution in [-0.2, 0) is 14.4 Å². The Hall–Kier alpha value is -3.87. The quantitative estimate of drug-likeness (QED) is 0.239. The minimum absolute atomic E-state index is 0.0275. The summed E-state index contributed by atoms with van der Waals surface area (Å²) in [7, 11) is 1.64. The summed E-state index contributed by atoms with van der Waals surface area (Å²) in [5, 5.41) is 32.5. The molecule has 3 rings (SSSR count). The van der Waals surface area contributed by atoms with Crippen molar-refractivity contribution in [3.63, 3.8) is 0 Å². The third kappa shape index (κ3) is 10.8. The number of hydrogen-bond acceptors (Lipinski definition) is 9. The van der Waals surface area contributed by atoms with Crippen LogP contribution < -0.4 is 19.1 Å². The topological polar surface area (TPSA) is 166 Å². The van der Waals surface area contributed by atoms with Gasteiger partial charge >= 0.3 is 11.9 Å². The number of amides is 1. The maximum absolute atomic E-state index is 13.3. The van der Waals surface area contributed by atoms with Crippen LogP contribution in [0.5, 0.6) is 17.2 Å². The molecule has 0 aliphatic carbocycles. The van der Waals surface area contributed by atoms with Crippen LogP contribution in [-0.4, -0.2) is 95.0 Å². The second kappa shape index (κ2) is 17.8. The Morgan fingerprint density at radius 3 is 1.81 bits per heavy atom. The third-order valence-electron chi connectivity index (χ3n) is 6.67. The lowest BCUT2D eigenvalue weighted by Gasteiger charge is -2.39. The molecular weight excluding hydrogens is 548 g/mol. The van der Waals surface area contributed by atoms with Gasteiger partial charge in [0.15, 0.2) is 18.8 Å². The lowest BCUT2D eigenvalue weighted by atomic mass is 10.1. The molecule has 3 atom stereocenters. The normalized spacial score (nSPS) is 15.3. The average Bonchev–Trinajstić information content (AvgIpc) is 3.01. The molecule has 0 spiro atoms. The number of likely N-dealkylation sites (tertiary alicyclic amines) is 1. The standard InChI is InChI=1S/C26H36N2O4.C4H6O6/c1-4-5-19-31-24-13-15-25(16-14-24)32-20-26(29)28(21(2)27-17-7-6-8-18-27)22-9-11-23(30-3)12-10-22;5-1(3(7)8)2(6)4(9)10/h9-16,21H,4-8,17-20H2,1-3H3;1-2,5-6H,(H,7,8)(H,9,10). The first-order valence-corrected chi connectivity index (χ1v) is 14.0. The van der Waals surface area contributed by atoms with Crippen LogP contribution in [0.1, 0.15) is 46.0 Å². The van der Waals surface area contributed by atoms with E-state index < -0.39 is 24.1 Å². The fourth-order valence-corrected chi connectivity index (χ4v) is 4.22. The summed E-state index contributed by atoms with van der Waals surface area (Å²) >= 11 is 0. The highest BCUT2D eigenvalue weighted by Crippen LogP contribution is 2.25. The van der Waals surface area contributed by atoms with E-state index in [1.165, 1.54) is 6.42 Å². The summed E-state index contributed by atoms with van der Waals surface area (Å²) in [6.45, 7) is 6.91. The first-order valence-electron chi connectivity index (χ1n) is 14.0. The number of methoxy groups -OCH3 is 1. The van der Waals surface area contributed by atoms with Crippen molar-refractivity contribution in [2.24, 2.45) is 0 Å². The predicted molar refractivity (Wildman–Crippen MR) is 155 cm³/mol. The Bertz CT molecular complexity index is 1090. The number of nitrogens with zero attached hydrogens (tertiary/aromatic N) is 2. The van der Waals surface area contributed by atoms with Gasteiger partial charge in [0, 0.05) is 18.8 Å². The number of benzene rings is 2. The molecule has 42 heavy (non-hydrogen) atoms. The number of carbonyl (C=O) groups excluding carboxylic acids is 1. The van der Waals surface area contributed by atoms with Crippen LogP contribution >= 0.6 is 0 Å². The van der Waals surface area contributed by atoms with Crippen molar-refractivity contribution in [2.45, 2.75) is 64.3 Å². The summed E-state index contributed by atoms with van der Waals surface area (Å²) in [5.41, 5.74) is 0.845. The van der Waals surface area contributed by atoms with E-state index in [1.54, 1.807) is 7.11 Å². The number of aliphatic carboxylic acids is 2. The Morgan fingerprint density at radius 2 is 1.33 bits per heavy atom. The zero-order chi connectivity index (χ0) is 31.1. The molecule has 232 valence electrons. The molecule has 12 heteroatoms. The zero-order valence-electron chi connectivity index (χ0n) is 24.3. The number of anilines is 1. The number of ether oxygens (including phenoxy) is 3. The fraction of sp³-hybridized carbons (Fsp3) is 0.500. The molecule has 0 saturated carbocycles. The molecule has 3 unspecified atom stereocenters. The molecule has 4 N–H and O–H groups in total. The molecule has 2 aromatic carbocycles. The molecule has 1 aliphatic rings. The molecule has 1 fully saturated rings. The average molecular weight is 591 g/mol. The van der Waals surface area contributed by atoms with Gasteiger partial charge in [-0.25, -0.2) is 9.59 Å². The van der Waals surface area contributed by atoms with Crippen LogP contribution in [0.25, 0.3) is 0 Å². The summed E-state index contributed by atoms with van der Waals surface area (Å²) in [5.74, 6) is -1.37. The van der Waals surface area contributed by atoms with E-state index in [0.29, 0.717) is 12.4 Å². The molecule has 0 radical (unpaired) electrons. The van der Waals surface area contributed by atoms with E-state index in [0.717, 1.165) is 56.0 Å². The lowest BCUT2D eigenvalue weighted by molar-refractivity contribution is -0.165. The van der Waals surface area contributed by atoms with Crippen LogP contribution in [0.15, 0.2) is 48.5 Å². The zero-order valence-corrected chi connectivity index (χ0v) is 24.3. The monoisotopic (exact) mass is 590 g/mol. The number of carbonyl (C=O) groups is 3. The number of rotatable bonds is 14. The SMILES string of the molecule is CCCCOc1ccc(OCC(=O)N(c2ccc(OC)cc2)C(C)N2CCCCC2)cc1.O=C(O)C(O)C(O)C(=O)O. The van der Waals surface area contributed by atoms with Crippen molar-refractivity contribution in [3.8, 4) is 17.2 Å². The number of hydrogen-bond donors (Lipinski definition) is 4. The van der Waals surface area contributed by atoms with E-state index in [2.05, 4.69) is 18.7 Å². The highest BCUT2D eigenvalue weighted by molar-refractivity contribution is 5.95. The molecule has 1 amide bonds. The Morgan fingerprint density at radius 1 is 0.833 bits per heavy atom. The van der Waals surface area contributed by atoms with Crippen molar-refractivity contribution < 1.29 is 49.0 Å².